The van der Waals surface area contributed by atoms with E-state index in [4.69, 9.17) is 0 Å². The molecule has 3 nitrogen and oxygen atoms in total. The summed E-state index contributed by atoms with van der Waals surface area (Å²) in [6.07, 6.45) is 1.63. The Hall–Kier alpha value is -1.17. The first-order valence-corrected chi connectivity index (χ1v) is 5.55. The van der Waals surface area contributed by atoms with Gasteiger partial charge in [-0.1, -0.05) is 12.1 Å². The molecule has 0 aliphatic heterocycles. The van der Waals surface area contributed by atoms with Crippen molar-refractivity contribution in [1.29, 1.82) is 0 Å². The van der Waals surface area contributed by atoms with Crippen LogP contribution >= 0.6 is 22.6 Å². The van der Waals surface area contributed by atoms with E-state index in [1.165, 1.54) is 0 Å². The van der Waals surface area contributed by atoms with Crippen LogP contribution in [-0.2, 0) is 7.05 Å². The lowest BCUT2D eigenvalue weighted by atomic mass is 10.1. The van der Waals surface area contributed by atoms with Crippen molar-refractivity contribution in [2.45, 2.75) is 0 Å². The van der Waals surface area contributed by atoms with Crippen molar-refractivity contribution in [1.82, 2.24) is 9.78 Å². The molecule has 2 aromatic rings. The molecule has 15 heavy (non-hydrogen) atoms. The predicted octanol–water partition coefficient (Wildman–Crippen LogP) is 2.26. The van der Waals surface area contributed by atoms with E-state index in [0.717, 1.165) is 9.13 Å². The molecular weight excluding hydrogens is 303 g/mol. The van der Waals surface area contributed by atoms with E-state index < -0.39 is 0 Å². The van der Waals surface area contributed by atoms with E-state index in [2.05, 4.69) is 27.7 Å². The average molecular weight is 312 g/mol. The van der Waals surface area contributed by atoms with Crippen molar-refractivity contribution in [3.05, 3.63) is 51.4 Å². The Morgan fingerprint density at radius 3 is 2.67 bits per heavy atom. The summed E-state index contributed by atoms with van der Waals surface area (Å²) in [5, 5.41) is 3.99. The number of carbonyl (C=O) groups excluding carboxylic acids is 1. The van der Waals surface area contributed by atoms with Gasteiger partial charge >= 0.3 is 0 Å². The molecule has 0 unspecified atom stereocenters. The highest BCUT2D eigenvalue weighted by molar-refractivity contribution is 14.1. The third-order valence-electron chi connectivity index (χ3n) is 2.17. The third kappa shape index (κ3) is 1.94. The van der Waals surface area contributed by atoms with E-state index in [0.29, 0.717) is 5.69 Å². The Balaban J connectivity index is 2.46. The number of aromatic nitrogens is 2. The van der Waals surface area contributed by atoms with Crippen LogP contribution in [0.5, 0.6) is 0 Å². The number of carbonyl (C=O) groups is 1. The molecule has 0 saturated heterocycles. The molecule has 4 heteroatoms. The quantitative estimate of drug-likeness (QED) is 0.630. The topological polar surface area (TPSA) is 34.9 Å². The van der Waals surface area contributed by atoms with Gasteiger partial charge in [0, 0.05) is 22.4 Å². The fraction of sp³-hybridized carbons (Fsp3) is 0.0909. The van der Waals surface area contributed by atoms with Gasteiger partial charge in [-0.3, -0.25) is 9.48 Å². The zero-order valence-electron chi connectivity index (χ0n) is 8.14. The van der Waals surface area contributed by atoms with Gasteiger partial charge in [0.15, 0.2) is 0 Å². The van der Waals surface area contributed by atoms with Crippen LogP contribution in [0.2, 0.25) is 0 Å². The second-order valence-electron chi connectivity index (χ2n) is 3.15. The lowest BCUT2D eigenvalue weighted by Crippen LogP contribution is -2.09. The molecule has 0 aliphatic rings. The van der Waals surface area contributed by atoms with Gasteiger partial charge in [-0.2, -0.15) is 5.10 Å². The summed E-state index contributed by atoms with van der Waals surface area (Å²) >= 11 is 2.16. The molecule has 76 valence electrons. The first-order valence-electron chi connectivity index (χ1n) is 4.47. The fourth-order valence-corrected chi connectivity index (χ4v) is 2.01. The normalized spacial score (nSPS) is 10.3. The number of nitrogens with zero attached hydrogens (tertiary/aromatic N) is 2. The summed E-state index contributed by atoms with van der Waals surface area (Å²) in [4.78, 5) is 12.1. The third-order valence-corrected chi connectivity index (χ3v) is 3.11. The van der Waals surface area contributed by atoms with Gasteiger partial charge in [-0.15, -0.1) is 0 Å². The van der Waals surface area contributed by atoms with Crippen molar-refractivity contribution < 1.29 is 4.79 Å². The lowest BCUT2D eigenvalue weighted by molar-refractivity contribution is 0.102. The van der Waals surface area contributed by atoms with Gasteiger partial charge in [0.1, 0.15) is 5.69 Å². The molecule has 0 amide bonds. The summed E-state index contributed by atoms with van der Waals surface area (Å²) in [6, 6.07) is 9.26. The van der Waals surface area contributed by atoms with Crippen LogP contribution in [0.4, 0.5) is 0 Å². The molecular formula is C11H9IN2O. The van der Waals surface area contributed by atoms with E-state index >= 15 is 0 Å². The van der Waals surface area contributed by atoms with Crippen LogP contribution in [-0.4, -0.2) is 15.6 Å². The minimum atomic E-state index is 0.0139. The van der Waals surface area contributed by atoms with Crippen molar-refractivity contribution in [2.75, 3.05) is 0 Å². The van der Waals surface area contributed by atoms with E-state index in [1.807, 2.05) is 24.3 Å². The minimum absolute atomic E-state index is 0.0139. The molecule has 0 atom stereocenters. The van der Waals surface area contributed by atoms with Crippen LogP contribution in [0.25, 0.3) is 0 Å². The summed E-state index contributed by atoms with van der Waals surface area (Å²) in [5.74, 6) is 0.0139. The maximum absolute atomic E-state index is 12.1. The Kier molecular flexibility index (Phi) is 2.86. The Morgan fingerprint density at radius 2 is 2.07 bits per heavy atom. The number of hydrogen-bond acceptors (Lipinski definition) is 2. The SMILES string of the molecule is Cn1nccc1C(=O)c1ccccc1I. The van der Waals surface area contributed by atoms with Crippen molar-refractivity contribution in [3.8, 4) is 0 Å². The molecule has 0 N–H and O–H groups in total. The Labute approximate surface area is 101 Å². The first-order chi connectivity index (χ1) is 7.20. The lowest BCUT2D eigenvalue weighted by Gasteiger charge is -2.03. The van der Waals surface area contributed by atoms with Gasteiger partial charge in [0.25, 0.3) is 0 Å². The standard InChI is InChI=1S/C11H9IN2O/c1-14-10(6-7-13-14)11(15)8-4-2-3-5-9(8)12/h2-7H,1H3. The van der Waals surface area contributed by atoms with Crippen molar-refractivity contribution in [2.24, 2.45) is 7.05 Å². The van der Waals surface area contributed by atoms with Gasteiger partial charge in [0.2, 0.25) is 5.78 Å². The molecule has 2 rings (SSSR count). The van der Waals surface area contributed by atoms with E-state index in [1.54, 1.807) is 24.0 Å². The molecule has 0 spiro atoms. The number of halogens is 1. The van der Waals surface area contributed by atoms with E-state index in [9.17, 15) is 4.79 Å². The highest BCUT2D eigenvalue weighted by atomic mass is 127. The monoisotopic (exact) mass is 312 g/mol. The Morgan fingerprint density at radius 1 is 1.33 bits per heavy atom. The summed E-state index contributed by atoms with van der Waals surface area (Å²) in [6.45, 7) is 0. The molecule has 0 bridgehead atoms. The molecule has 0 aliphatic carbocycles. The number of rotatable bonds is 2. The number of benzene rings is 1. The number of hydrogen-bond donors (Lipinski definition) is 0. The van der Waals surface area contributed by atoms with Crippen molar-refractivity contribution >= 4 is 28.4 Å². The smallest absolute Gasteiger partial charge is 0.212 e. The number of ketones is 1. The van der Waals surface area contributed by atoms with Gasteiger partial charge in [0.05, 0.1) is 0 Å². The van der Waals surface area contributed by atoms with E-state index in [-0.39, 0.29) is 5.78 Å². The predicted molar refractivity (Wildman–Crippen MR) is 65.8 cm³/mol. The van der Waals surface area contributed by atoms with Crippen LogP contribution in [0.3, 0.4) is 0 Å². The molecule has 0 radical (unpaired) electrons. The largest absolute Gasteiger partial charge is 0.287 e. The zero-order chi connectivity index (χ0) is 10.8. The fourth-order valence-electron chi connectivity index (χ4n) is 1.38. The van der Waals surface area contributed by atoms with Gasteiger partial charge in [-0.05, 0) is 40.8 Å². The molecule has 1 heterocycles. The van der Waals surface area contributed by atoms with Crippen LogP contribution in [0, 0.1) is 3.57 Å². The maximum Gasteiger partial charge on any atom is 0.212 e. The molecule has 1 aromatic heterocycles. The summed E-state index contributed by atoms with van der Waals surface area (Å²) in [5.41, 5.74) is 1.33. The minimum Gasteiger partial charge on any atom is -0.287 e. The summed E-state index contributed by atoms with van der Waals surface area (Å²) < 4.78 is 2.55. The second kappa shape index (κ2) is 4.14. The highest BCUT2D eigenvalue weighted by Gasteiger charge is 2.14. The molecule has 1 aromatic carbocycles. The Bertz CT molecular complexity index is 505. The highest BCUT2D eigenvalue weighted by Crippen LogP contribution is 2.15. The van der Waals surface area contributed by atoms with Gasteiger partial charge < -0.3 is 0 Å². The number of aryl methyl sites for hydroxylation is 1. The van der Waals surface area contributed by atoms with Gasteiger partial charge in [-0.25, -0.2) is 0 Å². The maximum atomic E-state index is 12.1. The zero-order valence-corrected chi connectivity index (χ0v) is 10.3. The average Bonchev–Trinajstić information content (AvgIpc) is 2.64. The first kappa shape index (κ1) is 10.4. The molecule has 0 saturated carbocycles. The second-order valence-corrected chi connectivity index (χ2v) is 4.31. The van der Waals surface area contributed by atoms with Crippen LogP contribution in [0.15, 0.2) is 36.5 Å². The summed E-state index contributed by atoms with van der Waals surface area (Å²) in [7, 11) is 1.77. The van der Waals surface area contributed by atoms with Crippen LogP contribution in [0.1, 0.15) is 16.1 Å². The van der Waals surface area contributed by atoms with Crippen molar-refractivity contribution in [3.63, 3.8) is 0 Å². The molecule has 0 fully saturated rings. The van der Waals surface area contributed by atoms with Crippen LogP contribution < -0.4 is 0 Å².